The SMILES string of the molecule is Cc1ccccc1OC[C@@]1(O)COCCN(C(=O)c2nonc2C)C1. The monoisotopic (exact) mass is 347 g/mol. The second-order valence-electron chi connectivity index (χ2n) is 6.26. The van der Waals surface area contributed by atoms with Gasteiger partial charge in [0.15, 0.2) is 5.69 Å². The molecule has 1 aromatic carbocycles. The Hall–Kier alpha value is -2.45. The van der Waals surface area contributed by atoms with Crippen LogP contribution in [0.5, 0.6) is 5.75 Å². The molecule has 25 heavy (non-hydrogen) atoms. The second kappa shape index (κ2) is 7.20. The van der Waals surface area contributed by atoms with Crippen molar-refractivity contribution in [3.05, 3.63) is 41.2 Å². The average molecular weight is 347 g/mol. The normalized spacial score (nSPS) is 21.0. The summed E-state index contributed by atoms with van der Waals surface area (Å²) in [5.74, 6) is 0.341. The van der Waals surface area contributed by atoms with E-state index in [0.29, 0.717) is 24.6 Å². The third kappa shape index (κ3) is 3.97. The van der Waals surface area contributed by atoms with E-state index in [4.69, 9.17) is 9.47 Å². The van der Waals surface area contributed by atoms with Gasteiger partial charge in [-0.2, -0.15) is 0 Å². The zero-order valence-electron chi connectivity index (χ0n) is 14.3. The van der Waals surface area contributed by atoms with Crippen LogP contribution in [0.3, 0.4) is 0 Å². The van der Waals surface area contributed by atoms with Gasteiger partial charge >= 0.3 is 0 Å². The van der Waals surface area contributed by atoms with Crippen molar-refractivity contribution < 1.29 is 24.0 Å². The van der Waals surface area contributed by atoms with E-state index in [1.54, 1.807) is 6.92 Å². The fourth-order valence-electron chi connectivity index (χ4n) is 2.68. The van der Waals surface area contributed by atoms with Crippen LogP contribution in [0.1, 0.15) is 21.7 Å². The predicted octanol–water partition coefficient (Wildman–Crippen LogP) is 0.969. The summed E-state index contributed by atoms with van der Waals surface area (Å²) in [6, 6.07) is 7.55. The molecule has 1 aliphatic heterocycles. The number of benzene rings is 1. The van der Waals surface area contributed by atoms with Crippen LogP contribution in [-0.4, -0.2) is 64.7 Å². The molecule has 1 fully saturated rings. The van der Waals surface area contributed by atoms with E-state index in [-0.39, 0.29) is 31.4 Å². The number of aliphatic hydroxyl groups is 1. The van der Waals surface area contributed by atoms with Gasteiger partial charge in [0.05, 0.1) is 19.8 Å². The number of amides is 1. The molecular weight excluding hydrogens is 326 g/mol. The molecule has 0 spiro atoms. The van der Waals surface area contributed by atoms with E-state index in [9.17, 15) is 9.90 Å². The number of carbonyl (C=O) groups excluding carboxylic acids is 1. The minimum Gasteiger partial charge on any atom is -0.490 e. The van der Waals surface area contributed by atoms with Crippen LogP contribution in [0.25, 0.3) is 0 Å². The van der Waals surface area contributed by atoms with Gasteiger partial charge in [-0.15, -0.1) is 0 Å². The molecule has 0 unspecified atom stereocenters. The Morgan fingerprint density at radius 2 is 2.16 bits per heavy atom. The Morgan fingerprint density at radius 1 is 1.36 bits per heavy atom. The van der Waals surface area contributed by atoms with Gasteiger partial charge in [-0.1, -0.05) is 23.4 Å². The van der Waals surface area contributed by atoms with Crippen LogP contribution < -0.4 is 4.74 Å². The molecule has 2 aromatic rings. The Kier molecular flexibility index (Phi) is 5.00. The van der Waals surface area contributed by atoms with Crippen LogP contribution >= 0.6 is 0 Å². The van der Waals surface area contributed by atoms with E-state index in [1.807, 2.05) is 31.2 Å². The van der Waals surface area contributed by atoms with E-state index in [0.717, 1.165) is 5.56 Å². The Morgan fingerprint density at radius 3 is 2.88 bits per heavy atom. The van der Waals surface area contributed by atoms with Crippen molar-refractivity contribution in [3.63, 3.8) is 0 Å². The van der Waals surface area contributed by atoms with Crippen LogP contribution in [0.2, 0.25) is 0 Å². The summed E-state index contributed by atoms with van der Waals surface area (Å²) in [5, 5.41) is 18.2. The first-order chi connectivity index (χ1) is 12.0. The number of hydrogen-bond donors (Lipinski definition) is 1. The van der Waals surface area contributed by atoms with Crippen molar-refractivity contribution in [2.24, 2.45) is 0 Å². The minimum absolute atomic E-state index is 0.0116. The first kappa shape index (κ1) is 17.4. The molecule has 1 aliphatic rings. The van der Waals surface area contributed by atoms with Crippen LogP contribution in [-0.2, 0) is 4.74 Å². The number of β-amino-alcohol motifs (C(OH)–C–C–N with tert-alkyl or cyclic N) is 1. The molecule has 1 saturated heterocycles. The van der Waals surface area contributed by atoms with E-state index in [2.05, 4.69) is 14.9 Å². The second-order valence-corrected chi connectivity index (χ2v) is 6.26. The average Bonchev–Trinajstić information content (AvgIpc) is 2.92. The zero-order valence-corrected chi connectivity index (χ0v) is 14.3. The molecule has 2 heterocycles. The van der Waals surface area contributed by atoms with Crippen molar-refractivity contribution in [2.75, 3.05) is 32.9 Å². The van der Waals surface area contributed by atoms with Gasteiger partial charge in [-0.05, 0) is 30.6 Å². The van der Waals surface area contributed by atoms with E-state index < -0.39 is 5.60 Å². The first-order valence-corrected chi connectivity index (χ1v) is 8.05. The molecule has 0 bridgehead atoms. The Bertz CT molecular complexity index is 747. The number of aryl methyl sites for hydroxylation is 2. The van der Waals surface area contributed by atoms with E-state index in [1.165, 1.54) is 4.90 Å². The molecule has 0 saturated carbocycles. The van der Waals surface area contributed by atoms with Crippen molar-refractivity contribution in [2.45, 2.75) is 19.4 Å². The highest BCUT2D eigenvalue weighted by Gasteiger charge is 2.37. The van der Waals surface area contributed by atoms with Crippen LogP contribution in [0.15, 0.2) is 28.9 Å². The number of rotatable bonds is 4. The van der Waals surface area contributed by atoms with Gasteiger partial charge in [0, 0.05) is 6.54 Å². The zero-order chi connectivity index (χ0) is 17.9. The maximum absolute atomic E-state index is 12.6. The van der Waals surface area contributed by atoms with Crippen molar-refractivity contribution in [3.8, 4) is 5.75 Å². The molecule has 1 aromatic heterocycles. The Labute approximate surface area is 145 Å². The van der Waals surface area contributed by atoms with Gasteiger partial charge in [0.25, 0.3) is 5.91 Å². The van der Waals surface area contributed by atoms with Crippen LogP contribution in [0.4, 0.5) is 0 Å². The van der Waals surface area contributed by atoms with Crippen molar-refractivity contribution >= 4 is 5.91 Å². The first-order valence-electron chi connectivity index (χ1n) is 8.05. The van der Waals surface area contributed by atoms with Gasteiger partial charge in [0.1, 0.15) is 23.7 Å². The largest absolute Gasteiger partial charge is 0.490 e. The standard InChI is InChI=1S/C17H21N3O5/c1-12-5-3-4-6-14(12)24-11-17(22)9-20(7-8-23-10-17)16(21)15-13(2)18-25-19-15/h3-6,22H,7-11H2,1-2H3/t17-/m0/s1. The summed E-state index contributed by atoms with van der Waals surface area (Å²) >= 11 is 0. The maximum atomic E-state index is 12.6. The molecular formula is C17H21N3O5. The van der Waals surface area contributed by atoms with Gasteiger partial charge in [-0.3, -0.25) is 4.79 Å². The lowest BCUT2D eigenvalue weighted by molar-refractivity contribution is -0.0622. The fraction of sp³-hybridized carbons (Fsp3) is 0.471. The lowest BCUT2D eigenvalue weighted by atomic mass is 10.1. The third-order valence-corrected chi connectivity index (χ3v) is 4.09. The molecule has 134 valence electrons. The lowest BCUT2D eigenvalue weighted by Gasteiger charge is -2.30. The number of carbonyl (C=O) groups is 1. The number of para-hydroxylation sites is 1. The summed E-state index contributed by atoms with van der Waals surface area (Å²) in [7, 11) is 0. The van der Waals surface area contributed by atoms with Crippen molar-refractivity contribution in [1.29, 1.82) is 0 Å². The molecule has 3 rings (SSSR count). The number of aromatic nitrogens is 2. The predicted molar refractivity (Wildman–Crippen MR) is 87.4 cm³/mol. The molecule has 8 nitrogen and oxygen atoms in total. The van der Waals surface area contributed by atoms with Crippen molar-refractivity contribution in [1.82, 2.24) is 15.2 Å². The van der Waals surface area contributed by atoms with Crippen LogP contribution in [0, 0.1) is 13.8 Å². The molecule has 8 heteroatoms. The van der Waals surface area contributed by atoms with E-state index >= 15 is 0 Å². The number of hydrogen-bond acceptors (Lipinski definition) is 7. The quantitative estimate of drug-likeness (QED) is 0.880. The lowest BCUT2D eigenvalue weighted by Crippen LogP contribution is -2.50. The highest BCUT2D eigenvalue weighted by atomic mass is 16.6. The number of nitrogens with zero attached hydrogens (tertiary/aromatic N) is 3. The molecule has 0 aliphatic carbocycles. The smallest absolute Gasteiger partial charge is 0.278 e. The third-order valence-electron chi connectivity index (χ3n) is 4.09. The molecule has 0 radical (unpaired) electrons. The van der Waals surface area contributed by atoms with Gasteiger partial charge < -0.3 is 19.5 Å². The molecule has 1 N–H and O–H groups in total. The maximum Gasteiger partial charge on any atom is 0.278 e. The summed E-state index contributed by atoms with van der Waals surface area (Å²) in [5.41, 5.74) is 0.205. The molecule has 1 atom stereocenters. The summed E-state index contributed by atoms with van der Waals surface area (Å²) in [6.45, 7) is 4.41. The topological polar surface area (TPSA) is 97.9 Å². The summed E-state index contributed by atoms with van der Waals surface area (Å²) in [6.07, 6.45) is 0. The molecule has 1 amide bonds. The van der Waals surface area contributed by atoms with Gasteiger partial charge in [-0.25, -0.2) is 4.63 Å². The number of ether oxygens (including phenoxy) is 2. The summed E-state index contributed by atoms with van der Waals surface area (Å²) in [4.78, 5) is 14.1. The summed E-state index contributed by atoms with van der Waals surface area (Å²) < 4.78 is 15.8. The fourth-order valence-corrected chi connectivity index (χ4v) is 2.68. The Balaban J connectivity index is 1.71. The minimum atomic E-state index is -1.32. The highest BCUT2D eigenvalue weighted by Crippen LogP contribution is 2.21. The highest BCUT2D eigenvalue weighted by molar-refractivity contribution is 5.93. The van der Waals surface area contributed by atoms with Gasteiger partial charge in [0.2, 0.25) is 0 Å².